The Balaban J connectivity index is 1.95. The number of nitrogen functional groups attached to an aromatic ring is 1. The van der Waals surface area contributed by atoms with Crippen LogP contribution in [0.3, 0.4) is 0 Å². The van der Waals surface area contributed by atoms with E-state index in [4.69, 9.17) is 11.0 Å². The van der Waals surface area contributed by atoms with Gasteiger partial charge in [-0.05, 0) is 37.6 Å². The molecule has 5 nitrogen and oxygen atoms in total. The van der Waals surface area contributed by atoms with Crippen LogP contribution in [-0.4, -0.2) is 14.4 Å². The van der Waals surface area contributed by atoms with Crippen LogP contribution in [0.4, 0.5) is 5.13 Å². The molecular formula is C19H15N5S. The number of imidazole rings is 1. The fourth-order valence-electron chi connectivity index (χ4n) is 2.96. The van der Waals surface area contributed by atoms with Gasteiger partial charge in [-0.3, -0.25) is 0 Å². The lowest BCUT2D eigenvalue weighted by Crippen LogP contribution is -1.92. The number of rotatable bonds is 2. The lowest BCUT2D eigenvalue weighted by molar-refractivity contribution is 1.10. The molecule has 0 amide bonds. The molecule has 0 saturated heterocycles. The zero-order valence-electron chi connectivity index (χ0n) is 13.8. The van der Waals surface area contributed by atoms with E-state index in [1.165, 1.54) is 11.3 Å². The van der Waals surface area contributed by atoms with Crippen LogP contribution in [0.25, 0.3) is 27.3 Å². The summed E-state index contributed by atoms with van der Waals surface area (Å²) < 4.78 is 2.08. The molecule has 4 rings (SSSR count). The number of pyridine rings is 1. The first-order chi connectivity index (χ1) is 12.1. The Hall–Kier alpha value is -3.17. The average molecular weight is 345 g/mol. The summed E-state index contributed by atoms with van der Waals surface area (Å²) in [5.41, 5.74) is 12.5. The third kappa shape index (κ3) is 2.55. The number of fused-ring (bicyclic) bond motifs is 1. The average Bonchev–Trinajstić information content (AvgIpc) is 3.19. The van der Waals surface area contributed by atoms with Crippen LogP contribution < -0.4 is 5.73 Å². The summed E-state index contributed by atoms with van der Waals surface area (Å²) in [4.78, 5) is 9.96. The van der Waals surface area contributed by atoms with Crippen molar-refractivity contribution in [2.24, 2.45) is 0 Å². The second kappa shape index (κ2) is 5.72. The topological polar surface area (TPSA) is 80.0 Å². The van der Waals surface area contributed by atoms with Crippen molar-refractivity contribution < 1.29 is 0 Å². The minimum absolute atomic E-state index is 0.507. The van der Waals surface area contributed by atoms with Crippen LogP contribution in [0.1, 0.15) is 16.8 Å². The molecule has 0 aliphatic carbocycles. The molecule has 3 heterocycles. The molecule has 0 unspecified atom stereocenters. The molecule has 4 aromatic rings. The van der Waals surface area contributed by atoms with E-state index in [2.05, 4.69) is 32.7 Å². The molecule has 122 valence electrons. The Kier molecular flexibility index (Phi) is 3.52. The quantitative estimate of drug-likeness (QED) is 0.590. The number of aromatic nitrogens is 3. The molecule has 0 atom stereocenters. The summed E-state index contributed by atoms with van der Waals surface area (Å²) in [5, 5.41) is 9.67. The maximum Gasteiger partial charge on any atom is 0.181 e. The lowest BCUT2D eigenvalue weighted by Gasteiger charge is -2.07. The summed E-state index contributed by atoms with van der Waals surface area (Å²) in [6.07, 6.45) is 3.93. The van der Waals surface area contributed by atoms with Gasteiger partial charge in [-0.15, -0.1) is 0 Å². The fraction of sp³-hybridized carbons (Fsp3) is 0.105. The van der Waals surface area contributed by atoms with Crippen molar-refractivity contribution in [1.82, 2.24) is 14.4 Å². The molecule has 3 aromatic heterocycles. The Morgan fingerprint density at radius 3 is 2.84 bits per heavy atom. The molecule has 0 bridgehead atoms. The van der Waals surface area contributed by atoms with E-state index in [1.807, 2.05) is 38.2 Å². The zero-order chi connectivity index (χ0) is 17.6. The van der Waals surface area contributed by atoms with Crippen molar-refractivity contribution in [3.05, 3.63) is 59.5 Å². The number of anilines is 1. The SMILES string of the molecule is Cc1cc(-c2sc(N)nc2-c2cccc(C#N)c2)cn2c(C)cnc12. The Labute approximate surface area is 149 Å². The van der Waals surface area contributed by atoms with Gasteiger partial charge in [0.15, 0.2) is 5.13 Å². The van der Waals surface area contributed by atoms with Crippen molar-refractivity contribution in [3.63, 3.8) is 0 Å². The molecule has 0 spiro atoms. The molecule has 2 N–H and O–H groups in total. The van der Waals surface area contributed by atoms with Gasteiger partial charge in [0.05, 0.1) is 22.2 Å². The number of hydrogen-bond acceptors (Lipinski definition) is 5. The molecule has 6 heteroatoms. The van der Waals surface area contributed by atoms with Gasteiger partial charge in [-0.2, -0.15) is 5.26 Å². The highest BCUT2D eigenvalue weighted by Gasteiger charge is 2.16. The van der Waals surface area contributed by atoms with E-state index in [-0.39, 0.29) is 0 Å². The van der Waals surface area contributed by atoms with Gasteiger partial charge in [-0.25, -0.2) is 9.97 Å². The minimum atomic E-state index is 0.507. The minimum Gasteiger partial charge on any atom is -0.375 e. The first kappa shape index (κ1) is 15.4. The number of benzene rings is 1. The Morgan fingerprint density at radius 1 is 1.20 bits per heavy atom. The van der Waals surface area contributed by atoms with E-state index in [9.17, 15) is 0 Å². The van der Waals surface area contributed by atoms with Crippen molar-refractivity contribution in [2.75, 3.05) is 5.73 Å². The Morgan fingerprint density at radius 2 is 2.04 bits per heavy atom. The van der Waals surface area contributed by atoms with Crippen molar-refractivity contribution >= 4 is 22.1 Å². The van der Waals surface area contributed by atoms with Gasteiger partial charge in [-0.1, -0.05) is 23.5 Å². The zero-order valence-corrected chi connectivity index (χ0v) is 14.6. The van der Waals surface area contributed by atoms with Gasteiger partial charge in [0, 0.05) is 29.2 Å². The van der Waals surface area contributed by atoms with Crippen LogP contribution in [0, 0.1) is 25.2 Å². The smallest absolute Gasteiger partial charge is 0.181 e. The van der Waals surface area contributed by atoms with E-state index < -0.39 is 0 Å². The van der Waals surface area contributed by atoms with Crippen molar-refractivity contribution in [3.8, 4) is 27.8 Å². The predicted molar refractivity (Wildman–Crippen MR) is 100 cm³/mol. The molecule has 25 heavy (non-hydrogen) atoms. The highest BCUT2D eigenvalue weighted by molar-refractivity contribution is 7.19. The predicted octanol–water partition coefficient (Wildman–Crippen LogP) is 4.20. The molecular weight excluding hydrogens is 330 g/mol. The summed E-state index contributed by atoms with van der Waals surface area (Å²) >= 11 is 1.45. The van der Waals surface area contributed by atoms with E-state index in [1.54, 1.807) is 6.07 Å². The van der Waals surface area contributed by atoms with Crippen LogP contribution in [0.2, 0.25) is 0 Å². The number of hydrogen-bond donors (Lipinski definition) is 1. The summed E-state index contributed by atoms with van der Waals surface area (Å²) in [5.74, 6) is 0. The number of nitriles is 1. The highest BCUT2D eigenvalue weighted by Crippen LogP contribution is 2.38. The molecule has 0 radical (unpaired) electrons. The number of aryl methyl sites for hydroxylation is 2. The van der Waals surface area contributed by atoms with Crippen LogP contribution in [0.15, 0.2) is 42.7 Å². The normalized spacial score (nSPS) is 10.9. The van der Waals surface area contributed by atoms with Crippen LogP contribution in [0.5, 0.6) is 0 Å². The van der Waals surface area contributed by atoms with Crippen molar-refractivity contribution in [1.29, 1.82) is 5.26 Å². The second-order valence-corrected chi connectivity index (χ2v) is 6.96. The number of nitrogens with zero attached hydrogens (tertiary/aromatic N) is 4. The molecule has 1 aromatic carbocycles. The molecule has 0 fully saturated rings. The monoisotopic (exact) mass is 345 g/mol. The molecule has 0 aliphatic rings. The summed E-state index contributed by atoms with van der Waals surface area (Å²) in [6.45, 7) is 4.08. The summed E-state index contributed by atoms with van der Waals surface area (Å²) in [6, 6.07) is 11.7. The number of nitrogens with two attached hydrogens (primary N) is 1. The van der Waals surface area contributed by atoms with E-state index in [0.29, 0.717) is 10.7 Å². The number of thiazole rings is 1. The third-order valence-corrected chi connectivity index (χ3v) is 5.08. The van der Waals surface area contributed by atoms with E-state index >= 15 is 0 Å². The Bertz CT molecular complexity index is 1150. The van der Waals surface area contributed by atoms with E-state index in [0.717, 1.165) is 38.6 Å². The molecule has 0 saturated carbocycles. The van der Waals surface area contributed by atoms with Gasteiger partial charge in [0.2, 0.25) is 0 Å². The maximum atomic E-state index is 9.16. The molecule has 0 aliphatic heterocycles. The van der Waals surface area contributed by atoms with Gasteiger partial charge in [0.25, 0.3) is 0 Å². The van der Waals surface area contributed by atoms with Gasteiger partial charge in [0.1, 0.15) is 5.65 Å². The van der Waals surface area contributed by atoms with Crippen LogP contribution >= 0.6 is 11.3 Å². The second-order valence-electron chi connectivity index (χ2n) is 5.93. The first-order valence-electron chi connectivity index (χ1n) is 7.78. The first-order valence-corrected chi connectivity index (χ1v) is 8.60. The van der Waals surface area contributed by atoms with Gasteiger partial charge < -0.3 is 10.1 Å². The fourth-order valence-corrected chi connectivity index (χ4v) is 3.80. The van der Waals surface area contributed by atoms with Crippen molar-refractivity contribution in [2.45, 2.75) is 13.8 Å². The van der Waals surface area contributed by atoms with Crippen LogP contribution in [-0.2, 0) is 0 Å². The van der Waals surface area contributed by atoms with Gasteiger partial charge >= 0.3 is 0 Å². The largest absolute Gasteiger partial charge is 0.375 e. The standard InChI is InChI=1S/C19H15N5S/c1-11-6-15(10-24-12(2)9-22-18(11)24)17-16(23-19(21)25-17)14-5-3-4-13(7-14)8-20/h3-7,9-10H,1-2H3,(H2,21,23). The maximum absolute atomic E-state index is 9.16. The lowest BCUT2D eigenvalue weighted by atomic mass is 10.0. The summed E-state index contributed by atoms with van der Waals surface area (Å²) in [7, 11) is 0. The third-order valence-electron chi connectivity index (χ3n) is 4.15. The highest BCUT2D eigenvalue weighted by atomic mass is 32.1.